The first-order chi connectivity index (χ1) is 11.1. The van der Waals surface area contributed by atoms with Gasteiger partial charge < -0.3 is 9.73 Å². The van der Waals surface area contributed by atoms with E-state index in [1.54, 1.807) is 30.3 Å². The van der Waals surface area contributed by atoms with Crippen molar-refractivity contribution in [3.63, 3.8) is 0 Å². The predicted molar refractivity (Wildman–Crippen MR) is 85.7 cm³/mol. The van der Waals surface area contributed by atoms with Crippen LogP contribution < -0.4 is 10.6 Å². The van der Waals surface area contributed by atoms with Crippen molar-refractivity contribution in [2.75, 3.05) is 10.6 Å². The van der Waals surface area contributed by atoms with Crippen molar-refractivity contribution in [3.05, 3.63) is 59.6 Å². The Labute approximate surface area is 135 Å². The van der Waals surface area contributed by atoms with E-state index >= 15 is 0 Å². The molecule has 23 heavy (non-hydrogen) atoms. The smallest absolute Gasteiger partial charge is 0.302 e. The molecule has 0 unspecified atom stereocenters. The molecule has 3 aromatic rings. The minimum absolute atomic E-state index is 0.0375. The van der Waals surface area contributed by atoms with Gasteiger partial charge in [-0.05, 0) is 36.7 Å². The second kappa shape index (κ2) is 6.41. The summed E-state index contributed by atoms with van der Waals surface area (Å²) in [6.45, 7) is 1.83. The van der Waals surface area contributed by atoms with Gasteiger partial charge in [-0.3, -0.25) is 14.9 Å². The lowest BCUT2D eigenvalue weighted by atomic mass is 10.2. The number of oxazole rings is 1. The molecule has 2 heterocycles. The van der Waals surface area contributed by atoms with Crippen molar-refractivity contribution < 1.29 is 14.0 Å². The third-order valence-electron chi connectivity index (χ3n) is 2.86. The van der Waals surface area contributed by atoms with Gasteiger partial charge in [-0.15, -0.1) is 0 Å². The summed E-state index contributed by atoms with van der Waals surface area (Å²) in [4.78, 5) is 27.9. The molecular formula is C15H12N4O3S. The fourth-order valence-corrected chi connectivity index (χ4v) is 2.45. The van der Waals surface area contributed by atoms with Crippen LogP contribution in [0, 0.1) is 6.92 Å². The van der Waals surface area contributed by atoms with Crippen LogP contribution in [0.3, 0.4) is 0 Å². The van der Waals surface area contributed by atoms with Crippen LogP contribution in [0.1, 0.15) is 26.5 Å². The lowest BCUT2D eigenvalue weighted by Crippen LogP contribution is -2.14. The lowest BCUT2D eigenvalue weighted by Gasteiger charge is -1.99. The molecule has 0 spiro atoms. The highest BCUT2D eigenvalue weighted by Gasteiger charge is 2.15. The van der Waals surface area contributed by atoms with Crippen LogP contribution in [0.2, 0.25) is 0 Å². The fraction of sp³-hybridized carbons (Fsp3) is 0.0667. The van der Waals surface area contributed by atoms with Crippen LogP contribution in [-0.2, 0) is 0 Å². The van der Waals surface area contributed by atoms with Gasteiger partial charge in [0.2, 0.25) is 0 Å². The number of carbonyl (C=O) groups excluding carboxylic acids is 2. The third kappa shape index (κ3) is 3.61. The van der Waals surface area contributed by atoms with E-state index < -0.39 is 5.91 Å². The van der Waals surface area contributed by atoms with Gasteiger partial charge in [0, 0.05) is 5.56 Å². The Morgan fingerprint density at radius 1 is 1.13 bits per heavy atom. The van der Waals surface area contributed by atoms with Crippen molar-refractivity contribution in [1.29, 1.82) is 0 Å². The highest BCUT2D eigenvalue weighted by atomic mass is 32.1. The van der Waals surface area contributed by atoms with Crippen molar-refractivity contribution in [2.45, 2.75) is 6.92 Å². The topological polar surface area (TPSA) is 97.1 Å². The Kier molecular flexibility index (Phi) is 4.15. The molecule has 2 amide bonds. The Bertz CT molecular complexity index is 841. The van der Waals surface area contributed by atoms with Crippen LogP contribution in [-0.4, -0.2) is 21.2 Å². The number of hydrogen-bond acceptors (Lipinski definition) is 6. The number of hydrogen-bond donors (Lipinski definition) is 2. The normalized spacial score (nSPS) is 10.3. The molecular weight excluding hydrogens is 316 g/mol. The number of aryl methyl sites for hydroxylation is 1. The summed E-state index contributed by atoms with van der Waals surface area (Å²) in [6, 6.07) is 10.4. The molecule has 3 rings (SSSR count). The van der Waals surface area contributed by atoms with Gasteiger partial charge >= 0.3 is 6.01 Å². The van der Waals surface area contributed by atoms with E-state index in [1.807, 2.05) is 13.0 Å². The molecule has 0 bridgehead atoms. The van der Waals surface area contributed by atoms with Gasteiger partial charge in [-0.1, -0.05) is 18.2 Å². The number of aromatic nitrogens is 2. The number of nitrogens with one attached hydrogen (secondary N) is 2. The molecule has 7 nitrogen and oxygen atoms in total. The minimum Gasteiger partial charge on any atom is -0.431 e. The minimum atomic E-state index is -0.433. The predicted octanol–water partition coefficient (Wildman–Crippen LogP) is 2.94. The summed E-state index contributed by atoms with van der Waals surface area (Å²) in [5.74, 6) is -0.796. The molecule has 0 saturated heterocycles. The van der Waals surface area contributed by atoms with Gasteiger partial charge in [0.15, 0.2) is 5.69 Å². The highest BCUT2D eigenvalue weighted by Crippen LogP contribution is 2.17. The maximum atomic E-state index is 12.0. The molecule has 8 heteroatoms. The Hall–Kier alpha value is -3.00. The monoisotopic (exact) mass is 328 g/mol. The van der Waals surface area contributed by atoms with Gasteiger partial charge in [0.1, 0.15) is 11.3 Å². The van der Waals surface area contributed by atoms with Crippen LogP contribution >= 0.6 is 11.5 Å². The molecule has 116 valence electrons. The van der Waals surface area contributed by atoms with E-state index in [-0.39, 0.29) is 17.6 Å². The number of amides is 2. The zero-order valence-corrected chi connectivity index (χ0v) is 12.9. The number of benzene rings is 1. The summed E-state index contributed by atoms with van der Waals surface area (Å²) in [5, 5.41) is 5.77. The Balaban J connectivity index is 1.66. The number of anilines is 2. The number of rotatable bonds is 4. The summed E-state index contributed by atoms with van der Waals surface area (Å²) in [7, 11) is 0. The van der Waals surface area contributed by atoms with E-state index in [1.165, 1.54) is 17.8 Å². The summed E-state index contributed by atoms with van der Waals surface area (Å²) < 4.78 is 9.17. The van der Waals surface area contributed by atoms with Gasteiger partial charge in [0.25, 0.3) is 11.8 Å². The summed E-state index contributed by atoms with van der Waals surface area (Å²) in [5.41, 5.74) is 1.36. The molecule has 0 atom stereocenters. The van der Waals surface area contributed by atoms with Gasteiger partial charge in [-0.25, -0.2) is 0 Å². The standard InChI is InChI=1S/C15H12N4O3S/c1-9-7-12(23-19-9)17-14(21)11-8-22-15(16-11)18-13(20)10-5-3-2-4-6-10/h2-8H,1H3,(H,17,21)(H,16,18,20). The average molecular weight is 328 g/mol. The quantitative estimate of drug-likeness (QED) is 0.767. The van der Waals surface area contributed by atoms with E-state index in [9.17, 15) is 9.59 Å². The number of carbonyl (C=O) groups is 2. The highest BCUT2D eigenvalue weighted by molar-refractivity contribution is 7.10. The fourth-order valence-electron chi connectivity index (χ4n) is 1.79. The van der Waals surface area contributed by atoms with Crippen molar-refractivity contribution in [3.8, 4) is 0 Å². The zero-order chi connectivity index (χ0) is 16.2. The first-order valence-electron chi connectivity index (χ1n) is 6.68. The van der Waals surface area contributed by atoms with Crippen LogP contribution in [0.5, 0.6) is 0 Å². The molecule has 2 aromatic heterocycles. The Morgan fingerprint density at radius 3 is 2.61 bits per heavy atom. The molecule has 1 aromatic carbocycles. The molecule has 0 fully saturated rings. The second-order valence-electron chi connectivity index (χ2n) is 4.64. The van der Waals surface area contributed by atoms with Crippen molar-refractivity contribution in [2.24, 2.45) is 0 Å². The molecule has 0 aliphatic carbocycles. The van der Waals surface area contributed by atoms with E-state index in [4.69, 9.17) is 4.42 Å². The van der Waals surface area contributed by atoms with Gasteiger partial charge in [0.05, 0.1) is 5.69 Å². The first-order valence-corrected chi connectivity index (χ1v) is 7.46. The largest absolute Gasteiger partial charge is 0.431 e. The lowest BCUT2D eigenvalue weighted by molar-refractivity contribution is 0.101. The van der Waals surface area contributed by atoms with Crippen LogP contribution in [0.25, 0.3) is 0 Å². The molecule has 2 N–H and O–H groups in total. The molecule has 0 aliphatic rings. The SMILES string of the molecule is Cc1cc(NC(=O)c2coc(NC(=O)c3ccccc3)n2)sn1. The summed E-state index contributed by atoms with van der Waals surface area (Å²) in [6.07, 6.45) is 1.18. The van der Waals surface area contributed by atoms with Crippen LogP contribution in [0.4, 0.5) is 11.0 Å². The second-order valence-corrected chi connectivity index (χ2v) is 5.45. The Morgan fingerprint density at radius 2 is 1.91 bits per heavy atom. The van der Waals surface area contributed by atoms with Crippen molar-refractivity contribution in [1.82, 2.24) is 9.36 Å². The average Bonchev–Trinajstić information content (AvgIpc) is 3.17. The van der Waals surface area contributed by atoms with Crippen molar-refractivity contribution >= 4 is 34.4 Å². The molecule has 0 saturated carbocycles. The van der Waals surface area contributed by atoms with Gasteiger partial charge in [-0.2, -0.15) is 9.36 Å². The first kappa shape index (κ1) is 14.9. The molecule has 0 aliphatic heterocycles. The third-order valence-corrected chi connectivity index (χ3v) is 3.65. The maximum Gasteiger partial charge on any atom is 0.302 e. The van der Waals surface area contributed by atoms with Crippen LogP contribution in [0.15, 0.2) is 47.1 Å². The molecule has 0 radical (unpaired) electrons. The van der Waals surface area contributed by atoms with E-state index in [0.29, 0.717) is 10.6 Å². The zero-order valence-electron chi connectivity index (χ0n) is 12.1. The maximum absolute atomic E-state index is 12.0. The summed E-state index contributed by atoms with van der Waals surface area (Å²) >= 11 is 1.18. The van der Waals surface area contributed by atoms with E-state index in [0.717, 1.165) is 5.69 Å². The number of nitrogens with zero attached hydrogens (tertiary/aromatic N) is 2. The van der Waals surface area contributed by atoms with E-state index in [2.05, 4.69) is 20.0 Å².